The average Bonchev–Trinajstić information content (AvgIpc) is 3.21. The van der Waals surface area contributed by atoms with Crippen LogP contribution < -0.4 is 18.9 Å². The first-order valence-electron chi connectivity index (χ1n) is 19.2. The summed E-state index contributed by atoms with van der Waals surface area (Å²) in [5.74, 6) is 3.24. The zero-order valence-electron chi connectivity index (χ0n) is 32.5. The van der Waals surface area contributed by atoms with Crippen molar-refractivity contribution in [2.75, 3.05) is 61.0 Å². The fourth-order valence-corrected chi connectivity index (χ4v) is 7.18. The molecule has 4 aromatic rings. The molecule has 2 aliphatic rings. The van der Waals surface area contributed by atoms with E-state index in [1.54, 1.807) is 26.4 Å². The lowest BCUT2D eigenvalue weighted by molar-refractivity contribution is -0.128. The molecule has 288 valence electrons. The molecule has 55 heavy (non-hydrogen) atoms. The lowest BCUT2D eigenvalue weighted by Gasteiger charge is -2.32. The number of hydrogen-bond acceptors (Lipinski definition) is 7. The smallest absolute Gasteiger partial charge is 0.246 e. The molecule has 6 rings (SSSR count). The summed E-state index contributed by atoms with van der Waals surface area (Å²) in [6.45, 7) is 3.34. The first-order chi connectivity index (χ1) is 26.8. The molecule has 2 aliphatic heterocycles. The van der Waals surface area contributed by atoms with Crippen molar-refractivity contribution in [3.63, 3.8) is 0 Å². The third-order valence-electron chi connectivity index (χ3n) is 10.2. The van der Waals surface area contributed by atoms with Gasteiger partial charge in [-0.15, -0.1) is 0 Å². The second-order valence-corrected chi connectivity index (χ2v) is 14.3. The SMILES string of the molecule is COc1ccccc1-c1cccc(OC2CCN(C(=O)/C=C/Cc3ccc(OC4CCN(C(=O)/C=C/CN(C)C)CC4)cc3-c3ccccc3OC)CC2)c1. The molecule has 0 atom stereocenters. The molecule has 0 N–H and O–H groups in total. The highest BCUT2D eigenvalue weighted by molar-refractivity contribution is 5.88. The topological polar surface area (TPSA) is 80.8 Å². The molecule has 0 spiro atoms. The van der Waals surface area contributed by atoms with Crippen molar-refractivity contribution in [1.29, 1.82) is 0 Å². The van der Waals surface area contributed by atoms with Crippen molar-refractivity contribution in [3.05, 3.63) is 121 Å². The third kappa shape index (κ3) is 10.6. The molecule has 4 aromatic carbocycles. The Kier molecular flexibility index (Phi) is 13.6. The minimum Gasteiger partial charge on any atom is -0.496 e. The van der Waals surface area contributed by atoms with Gasteiger partial charge in [-0.1, -0.05) is 66.7 Å². The molecular weight excluding hydrogens is 691 g/mol. The second kappa shape index (κ2) is 19.2. The minimum absolute atomic E-state index is 0.00780. The average molecular weight is 744 g/mol. The quantitative estimate of drug-likeness (QED) is 0.123. The molecule has 0 radical (unpaired) electrons. The van der Waals surface area contributed by atoms with Crippen molar-refractivity contribution in [3.8, 4) is 45.3 Å². The Labute approximate surface area is 325 Å². The first kappa shape index (κ1) is 39.2. The van der Waals surface area contributed by atoms with Gasteiger partial charge in [0.1, 0.15) is 35.2 Å². The van der Waals surface area contributed by atoms with Crippen molar-refractivity contribution in [2.24, 2.45) is 0 Å². The number of likely N-dealkylation sites (N-methyl/N-ethyl adjacent to an activating group) is 1. The molecule has 0 unspecified atom stereocenters. The van der Waals surface area contributed by atoms with Crippen molar-refractivity contribution in [1.82, 2.24) is 14.7 Å². The zero-order valence-corrected chi connectivity index (χ0v) is 32.5. The lowest BCUT2D eigenvalue weighted by Crippen LogP contribution is -2.41. The molecule has 0 bridgehead atoms. The number of piperidine rings is 2. The monoisotopic (exact) mass is 743 g/mol. The Bertz CT molecular complexity index is 1960. The van der Waals surface area contributed by atoms with Crippen LogP contribution in [0.2, 0.25) is 0 Å². The minimum atomic E-state index is 0.00780. The van der Waals surface area contributed by atoms with Crippen LogP contribution in [0, 0.1) is 0 Å². The number of carbonyl (C=O) groups is 2. The summed E-state index contributed by atoms with van der Waals surface area (Å²) in [7, 11) is 7.32. The summed E-state index contributed by atoms with van der Waals surface area (Å²) in [5.41, 5.74) is 5.09. The maximum absolute atomic E-state index is 13.3. The van der Waals surface area contributed by atoms with Crippen LogP contribution in [0.4, 0.5) is 0 Å². The predicted molar refractivity (Wildman–Crippen MR) is 218 cm³/mol. The van der Waals surface area contributed by atoms with Gasteiger partial charge in [-0.05, 0) is 79.7 Å². The summed E-state index contributed by atoms with van der Waals surface area (Å²) in [6, 6.07) is 30.2. The number of para-hydroxylation sites is 2. The molecule has 2 fully saturated rings. The molecule has 2 saturated heterocycles. The highest BCUT2D eigenvalue weighted by Gasteiger charge is 2.25. The van der Waals surface area contributed by atoms with E-state index in [4.69, 9.17) is 18.9 Å². The normalized spacial score (nSPS) is 15.5. The molecule has 0 aromatic heterocycles. The van der Waals surface area contributed by atoms with Crippen molar-refractivity contribution >= 4 is 11.8 Å². The van der Waals surface area contributed by atoms with Gasteiger partial charge in [0.2, 0.25) is 11.8 Å². The van der Waals surface area contributed by atoms with Crippen molar-refractivity contribution in [2.45, 2.75) is 44.3 Å². The van der Waals surface area contributed by atoms with Gasteiger partial charge in [0.25, 0.3) is 0 Å². The number of methoxy groups -OCH3 is 2. The van der Waals surface area contributed by atoms with E-state index >= 15 is 0 Å². The van der Waals surface area contributed by atoms with Gasteiger partial charge in [-0.25, -0.2) is 0 Å². The van der Waals surface area contributed by atoms with E-state index in [0.717, 1.165) is 83.0 Å². The Morgan fingerprint density at radius 1 is 0.636 bits per heavy atom. The number of allylic oxidation sites excluding steroid dienone is 1. The largest absolute Gasteiger partial charge is 0.496 e. The van der Waals surface area contributed by atoms with E-state index in [1.807, 2.05) is 108 Å². The Morgan fingerprint density at radius 2 is 1.18 bits per heavy atom. The van der Waals surface area contributed by atoms with Crippen LogP contribution >= 0.6 is 0 Å². The Morgan fingerprint density at radius 3 is 1.78 bits per heavy atom. The molecule has 2 amide bonds. The molecule has 0 saturated carbocycles. The van der Waals surface area contributed by atoms with Crippen LogP contribution in [-0.4, -0.2) is 99.8 Å². The van der Waals surface area contributed by atoms with E-state index < -0.39 is 0 Å². The number of rotatable bonds is 14. The number of ether oxygens (including phenoxy) is 4. The van der Waals surface area contributed by atoms with Crippen molar-refractivity contribution < 1.29 is 28.5 Å². The third-order valence-corrected chi connectivity index (χ3v) is 10.2. The van der Waals surface area contributed by atoms with Gasteiger partial charge < -0.3 is 33.6 Å². The molecule has 9 nitrogen and oxygen atoms in total. The Hall–Kier alpha value is -5.54. The van der Waals surface area contributed by atoms with Gasteiger partial charge in [-0.2, -0.15) is 0 Å². The number of carbonyl (C=O) groups excluding carboxylic acids is 2. The van der Waals surface area contributed by atoms with Crippen LogP contribution in [0.1, 0.15) is 31.2 Å². The van der Waals surface area contributed by atoms with Gasteiger partial charge in [0, 0.05) is 75.6 Å². The standard InChI is InChI=1S/C46H53N3O6/c1-47(2)27-11-20-46(51)49-30-25-37(26-31-49)55-39-22-21-34(42(33-39)41-16-6-8-18-44(41)53-4)12-10-19-45(50)48-28-23-36(24-29-48)54-38-14-9-13-35(32-38)40-15-5-7-17-43(40)52-3/h5-11,13-22,32-33,36-37H,12,23-31H2,1-4H3/b19-10+,20-11+. The number of benzene rings is 4. The summed E-state index contributed by atoms with van der Waals surface area (Å²) in [4.78, 5) is 31.8. The van der Waals surface area contributed by atoms with Crippen LogP contribution in [0.25, 0.3) is 22.3 Å². The fraction of sp³-hybridized carbons (Fsp3) is 0.348. The van der Waals surface area contributed by atoms with Gasteiger partial charge in [-0.3, -0.25) is 9.59 Å². The maximum Gasteiger partial charge on any atom is 0.246 e. The number of amides is 2. The molecule has 9 heteroatoms. The van der Waals surface area contributed by atoms with E-state index in [2.05, 4.69) is 24.3 Å². The predicted octanol–water partition coefficient (Wildman–Crippen LogP) is 7.69. The summed E-state index contributed by atoms with van der Waals surface area (Å²) in [6.07, 6.45) is 10.9. The maximum atomic E-state index is 13.3. The number of hydrogen-bond donors (Lipinski definition) is 0. The lowest BCUT2D eigenvalue weighted by atomic mass is 9.96. The van der Waals surface area contributed by atoms with Crippen LogP contribution in [0.5, 0.6) is 23.0 Å². The molecule has 2 heterocycles. The molecular formula is C46H53N3O6. The zero-order chi connectivity index (χ0) is 38.6. The van der Waals surface area contributed by atoms with Gasteiger partial charge in [0.05, 0.1) is 14.2 Å². The second-order valence-electron chi connectivity index (χ2n) is 14.3. The van der Waals surface area contributed by atoms with Gasteiger partial charge >= 0.3 is 0 Å². The van der Waals surface area contributed by atoms with E-state index in [1.165, 1.54) is 0 Å². The number of nitrogens with zero attached hydrogens (tertiary/aromatic N) is 3. The van der Waals surface area contributed by atoms with Crippen LogP contribution in [-0.2, 0) is 16.0 Å². The highest BCUT2D eigenvalue weighted by Crippen LogP contribution is 2.36. The van der Waals surface area contributed by atoms with E-state index in [9.17, 15) is 9.59 Å². The highest BCUT2D eigenvalue weighted by atomic mass is 16.5. The fourth-order valence-electron chi connectivity index (χ4n) is 7.18. The number of likely N-dealkylation sites (tertiary alicyclic amines) is 2. The summed E-state index contributed by atoms with van der Waals surface area (Å²) >= 11 is 0. The first-order valence-corrected chi connectivity index (χ1v) is 19.2. The summed E-state index contributed by atoms with van der Waals surface area (Å²) in [5, 5.41) is 0. The summed E-state index contributed by atoms with van der Waals surface area (Å²) < 4.78 is 24.2. The Balaban J connectivity index is 1.05. The van der Waals surface area contributed by atoms with Crippen LogP contribution in [0.15, 0.2) is 115 Å². The van der Waals surface area contributed by atoms with Crippen LogP contribution in [0.3, 0.4) is 0 Å². The van der Waals surface area contributed by atoms with E-state index in [-0.39, 0.29) is 24.0 Å². The van der Waals surface area contributed by atoms with Gasteiger partial charge in [0.15, 0.2) is 0 Å². The van der Waals surface area contributed by atoms with E-state index in [0.29, 0.717) is 32.6 Å². The molecule has 0 aliphatic carbocycles.